The summed E-state index contributed by atoms with van der Waals surface area (Å²) >= 11 is 0. The molecule has 2 N–H and O–H groups in total. The minimum absolute atomic E-state index is 0.0915. The predicted octanol–water partition coefficient (Wildman–Crippen LogP) is 4.02. The third-order valence-electron chi connectivity index (χ3n) is 5.21. The molecule has 2 atom stereocenters. The molecule has 1 aromatic heterocycles. The largest absolute Gasteiger partial charge is 0.354 e. The van der Waals surface area contributed by atoms with Gasteiger partial charge in [-0.1, -0.05) is 0 Å². The summed E-state index contributed by atoms with van der Waals surface area (Å²) in [7, 11) is 0. The monoisotopic (exact) mass is 402 g/mol. The van der Waals surface area contributed by atoms with E-state index in [1.807, 2.05) is 4.90 Å². The number of hydrogen-bond donors (Lipinski definition) is 1. The van der Waals surface area contributed by atoms with Crippen LogP contribution in [0.15, 0.2) is 48.5 Å². The molecule has 0 aliphatic carbocycles. The van der Waals surface area contributed by atoms with Crippen molar-refractivity contribution in [3.05, 3.63) is 77.4 Å². The molecule has 29 heavy (non-hydrogen) atoms. The van der Waals surface area contributed by atoms with Crippen molar-refractivity contribution in [2.75, 3.05) is 18.0 Å². The van der Waals surface area contributed by atoms with E-state index in [2.05, 4.69) is 10.2 Å². The summed E-state index contributed by atoms with van der Waals surface area (Å²) in [6.45, 7) is 0.884. The number of hydrogen-bond acceptors (Lipinski definition) is 4. The minimum atomic E-state index is -1.21. The molecule has 0 radical (unpaired) electrons. The molecule has 150 valence electrons. The molecule has 3 aromatic rings. The average Bonchev–Trinajstić information content (AvgIpc) is 2.72. The summed E-state index contributed by atoms with van der Waals surface area (Å²) in [5.74, 6) is -3.23. The van der Waals surface area contributed by atoms with Gasteiger partial charge in [0.25, 0.3) is 0 Å². The second-order valence-electron chi connectivity index (χ2n) is 7.08. The predicted molar refractivity (Wildman–Crippen MR) is 101 cm³/mol. The number of nitrogens with two attached hydrogens (primary N) is 1. The Balaban J connectivity index is 1.48. The Bertz CT molecular complexity index is 1010. The fourth-order valence-electron chi connectivity index (χ4n) is 3.67. The highest BCUT2D eigenvalue weighted by atomic mass is 19.2. The van der Waals surface area contributed by atoms with Crippen molar-refractivity contribution in [3.63, 3.8) is 0 Å². The van der Waals surface area contributed by atoms with Crippen LogP contribution in [-0.2, 0) is 0 Å². The van der Waals surface area contributed by atoms with Crippen molar-refractivity contribution in [3.8, 4) is 11.3 Å². The zero-order valence-corrected chi connectivity index (χ0v) is 15.3. The first kappa shape index (κ1) is 19.3. The van der Waals surface area contributed by atoms with E-state index < -0.39 is 29.4 Å². The quantitative estimate of drug-likeness (QED) is 0.531. The summed E-state index contributed by atoms with van der Waals surface area (Å²) in [5.41, 5.74) is 7.67. The highest BCUT2D eigenvalue weighted by Gasteiger charge is 2.31. The summed E-state index contributed by atoms with van der Waals surface area (Å²) in [5, 5.41) is 8.40. The van der Waals surface area contributed by atoms with Crippen molar-refractivity contribution in [2.24, 2.45) is 5.73 Å². The molecule has 2 heterocycles. The van der Waals surface area contributed by atoms with E-state index in [1.54, 1.807) is 24.3 Å². The molecule has 4 nitrogen and oxygen atoms in total. The molecular weight excluding hydrogens is 384 g/mol. The van der Waals surface area contributed by atoms with Gasteiger partial charge in [0.2, 0.25) is 0 Å². The molecular formula is C21H18F4N4. The fourth-order valence-corrected chi connectivity index (χ4v) is 3.67. The third-order valence-corrected chi connectivity index (χ3v) is 5.21. The van der Waals surface area contributed by atoms with Gasteiger partial charge >= 0.3 is 0 Å². The Morgan fingerprint density at radius 1 is 0.862 bits per heavy atom. The second-order valence-corrected chi connectivity index (χ2v) is 7.08. The summed E-state index contributed by atoms with van der Waals surface area (Å²) in [6.07, 6.45) is 0.463. The van der Waals surface area contributed by atoms with E-state index >= 15 is 0 Å². The number of aromatic nitrogens is 2. The maximum Gasteiger partial charge on any atom is 0.161 e. The highest BCUT2D eigenvalue weighted by Crippen LogP contribution is 2.32. The van der Waals surface area contributed by atoms with Crippen molar-refractivity contribution in [1.29, 1.82) is 0 Å². The number of rotatable bonds is 3. The Morgan fingerprint density at radius 3 is 2.24 bits per heavy atom. The number of benzene rings is 2. The number of nitrogens with zero attached hydrogens (tertiary/aromatic N) is 3. The van der Waals surface area contributed by atoms with Gasteiger partial charge in [0.1, 0.15) is 11.6 Å². The molecule has 1 aliphatic rings. The Morgan fingerprint density at radius 2 is 1.59 bits per heavy atom. The molecule has 0 saturated carbocycles. The first-order valence-corrected chi connectivity index (χ1v) is 9.17. The summed E-state index contributed by atoms with van der Waals surface area (Å²) in [6, 6.07) is 10.5. The van der Waals surface area contributed by atoms with Crippen molar-refractivity contribution < 1.29 is 17.6 Å². The molecule has 0 amide bonds. The van der Waals surface area contributed by atoms with Crippen LogP contribution in [0, 0.1) is 23.3 Å². The van der Waals surface area contributed by atoms with Crippen LogP contribution in [0.1, 0.15) is 17.9 Å². The van der Waals surface area contributed by atoms with Crippen LogP contribution >= 0.6 is 0 Å². The first-order chi connectivity index (χ1) is 13.9. The smallest absolute Gasteiger partial charge is 0.161 e. The Labute approximate surface area is 165 Å². The number of anilines is 1. The lowest BCUT2D eigenvalue weighted by molar-refractivity contribution is 0.415. The summed E-state index contributed by atoms with van der Waals surface area (Å²) in [4.78, 5) is 1.92. The zero-order chi connectivity index (χ0) is 20.5. The van der Waals surface area contributed by atoms with Gasteiger partial charge in [0.05, 0.1) is 5.69 Å². The van der Waals surface area contributed by atoms with E-state index in [-0.39, 0.29) is 11.4 Å². The van der Waals surface area contributed by atoms with Gasteiger partial charge in [-0.15, -0.1) is 10.2 Å². The molecule has 4 rings (SSSR count). The molecule has 0 bridgehead atoms. The van der Waals surface area contributed by atoms with E-state index in [0.29, 0.717) is 37.1 Å². The Kier molecular flexibility index (Phi) is 5.19. The first-order valence-electron chi connectivity index (χ1n) is 9.17. The van der Waals surface area contributed by atoms with Crippen LogP contribution in [0.2, 0.25) is 0 Å². The van der Waals surface area contributed by atoms with E-state index in [0.717, 1.165) is 11.6 Å². The lowest BCUT2D eigenvalue weighted by atomic mass is 9.85. The van der Waals surface area contributed by atoms with Crippen LogP contribution in [0.5, 0.6) is 0 Å². The molecule has 0 spiro atoms. The molecule has 8 heteroatoms. The Hall–Kier alpha value is -3.00. The highest BCUT2D eigenvalue weighted by molar-refractivity contribution is 5.59. The zero-order valence-electron chi connectivity index (χ0n) is 15.3. The van der Waals surface area contributed by atoms with Gasteiger partial charge in [-0.05, 0) is 54.4 Å². The number of halogens is 4. The molecule has 0 unspecified atom stereocenters. The van der Waals surface area contributed by atoms with Gasteiger partial charge in [0, 0.05) is 36.7 Å². The standard InChI is InChI=1S/C21H18F4N4/c22-13-3-1-12(2-4-13)20-5-6-21(28-27-20)29-8-7-14(19(26)11-29)15-9-17(24)18(25)10-16(15)23/h1-6,9-10,14,19H,7-8,11,26H2/t14-,19+/m1/s1. The van der Waals surface area contributed by atoms with Crippen LogP contribution in [-0.4, -0.2) is 29.3 Å². The molecule has 1 saturated heterocycles. The molecule has 1 aliphatic heterocycles. The van der Waals surface area contributed by atoms with E-state index in [4.69, 9.17) is 5.73 Å². The van der Waals surface area contributed by atoms with Crippen LogP contribution in [0.4, 0.5) is 23.4 Å². The molecule has 1 fully saturated rings. The maximum atomic E-state index is 14.1. The van der Waals surface area contributed by atoms with Gasteiger partial charge in [-0.25, -0.2) is 17.6 Å². The average molecular weight is 402 g/mol. The van der Waals surface area contributed by atoms with Gasteiger partial charge in [0.15, 0.2) is 17.5 Å². The third kappa shape index (κ3) is 3.93. The van der Waals surface area contributed by atoms with Crippen LogP contribution < -0.4 is 10.6 Å². The van der Waals surface area contributed by atoms with Gasteiger partial charge in [-0.2, -0.15) is 0 Å². The van der Waals surface area contributed by atoms with Crippen molar-refractivity contribution >= 4 is 5.82 Å². The second kappa shape index (κ2) is 7.79. The maximum absolute atomic E-state index is 14.1. The summed E-state index contributed by atoms with van der Waals surface area (Å²) < 4.78 is 53.9. The topological polar surface area (TPSA) is 55.0 Å². The SMILES string of the molecule is N[C@H]1CN(c2ccc(-c3ccc(F)cc3)nn2)CC[C@@H]1c1cc(F)c(F)cc1F. The van der Waals surface area contributed by atoms with Crippen LogP contribution in [0.25, 0.3) is 11.3 Å². The lowest BCUT2D eigenvalue weighted by Crippen LogP contribution is -2.48. The van der Waals surface area contributed by atoms with Gasteiger partial charge in [-0.3, -0.25) is 0 Å². The fraction of sp³-hybridized carbons (Fsp3) is 0.238. The van der Waals surface area contributed by atoms with E-state index in [9.17, 15) is 17.6 Å². The lowest BCUT2D eigenvalue weighted by Gasteiger charge is -2.37. The molecule has 2 aromatic carbocycles. The van der Waals surface area contributed by atoms with Crippen molar-refractivity contribution in [1.82, 2.24) is 10.2 Å². The van der Waals surface area contributed by atoms with Crippen molar-refractivity contribution in [2.45, 2.75) is 18.4 Å². The minimum Gasteiger partial charge on any atom is -0.354 e. The number of piperidine rings is 1. The van der Waals surface area contributed by atoms with E-state index in [1.165, 1.54) is 12.1 Å². The van der Waals surface area contributed by atoms with Crippen LogP contribution in [0.3, 0.4) is 0 Å². The normalized spacial score (nSPS) is 19.4. The van der Waals surface area contributed by atoms with Gasteiger partial charge < -0.3 is 10.6 Å².